The first-order valence-electron chi connectivity index (χ1n) is 8.98. The second-order valence-electron chi connectivity index (χ2n) is 6.47. The summed E-state index contributed by atoms with van der Waals surface area (Å²) in [7, 11) is -5.83. The predicted octanol–water partition coefficient (Wildman–Crippen LogP) is 4.16. The average Bonchev–Trinajstić information content (AvgIpc) is 3.09. The SMILES string of the molecule is CCOC(=O)C1CCC(OS(=O)(=O)C(F)(F)F)=C(COc2nsc3ccccc23)C1. The van der Waals surface area contributed by atoms with Gasteiger partial charge in [0.2, 0.25) is 5.88 Å². The van der Waals surface area contributed by atoms with Crippen molar-refractivity contribution in [2.45, 2.75) is 31.7 Å². The van der Waals surface area contributed by atoms with E-state index in [0.29, 0.717) is 5.39 Å². The van der Waals surface area contributed by atoms with Crippen molar-refractivity contribution in [3.05, 3.63) is 35.6 Å². The van der Waals surface area contributed by atoms with E-state index in [1.54, 1.807) is 19.1 Å². The van der Waals surface area contributed by atoms with Crippen molar-refractivity contribution in [3.8, 4) is 5.88 Å². The zero-order valence-electron chi connectivity index (χ0n) is 15.8. The van der Waals surface area contributed by atoms with Gasteiger partial charge in [0.05, 0.1) is 22.6 Å². The van der Waals surface area contributed by atoms with E-state index >= 15 is 0 Å². The van der Waals surface area contributed by atoms with Crippen LogP contribution in [0.3, 0.4) is 0 Å². The second kappa shape index (κ2) is 8.80. The van der Waals surface area contributed by atoms with Gasteiger partial charge < -0.3 is 13.7 Å². The van der Waals surface area contributed by atoms with Gasteiger partial charge in [0.1, 0.15) is 12.4 Å². The summed E-state index contributed by atoms with van der Waals surface area (Å²) in [5.41, 5.74) is -5.42. The number of ether oxygens (including phenoxy) is 2. The minimum Gasteiger partial charge on any atom is -0.472 e. The Morgan fingerprint density at radius 2 is 2.03 bits per heavy atom. The van der Waals surface area contributed by atoms with Crippen LogP contribution < -0.4 is 4.74 Å². The van der Waals surface area contributed by atoms with Gasteiger partial charge in [-0.3, -0.25) is 4.79 Å². The number of rotatable bonds is 7. The van der Waals surface area contributed by atoms with Crippen LogP contribution in [-0.4, -0.2) is 37.5 Å². The smallest absolute Gasteiger partial charge is 0.472 e. The molecule has 0 saturated heterocycles. The van der Waals surface area contributed by atoms with E-state index in [1.165, 1.54) is 11.5 Å². The van der Waals surface area contributed by atoms with Crippen LogP contribution in [0.15, 0.2) is 35.6 Å². The number of alkyl halides is 3. The van der Waals surface area contributed by atoms with Gasteiger partial charge in [-0.15, -0.1) is 0 Å². The first-order chi connectivity index (χ1) is 14.1. The van der Waals surface area contributed by atoms with Gasteiger partial charge in [0, 0.05) is 12.0 Å². The van der Waals surface area contributed by atoms with Crippen LogP contribution >= 0.6 is 11.5 Å². The highest BCUT2D eigenvalue weighted by atomic mass is 32.2. The molecule has 1 atom stereocenters. The van der Waals surface area contributed by atoms with E-state index < -0.39 is 27.5 Å². The average molecular weight is 465 g/mol. The van der Waals surface area contributed by atoms with Crippen molar-refractivity contribution >= 4 is 37.7 Å². The minimum absolute atomic E-state index is 0.0381. The number of nitrogens with zero attached hydrogens (tertiary/aromatic N) is 1. The Balaban J connectivity index is 1.85. The molecule has 0 saturated carbocycles. The molecule has 1 aliphatic carbocycles. The largest absolute Gasteiger partial charge is 0.534 e. The van der Waals surface area contributed by atoms with Crippen LogP contribution in [0.2, 0.25) is 0 Å². The molecule has 1 aromatic carbocycles. The van der Waals surface area contributed by atoms with Gasteiger partial charge in [0.25, 0.3) is 0 Å². The molecule has 0 N–H and O–H groups in total. The van der Waals surface area contributed by atoms with Crippen molar-refractivity contribution in [1.29, 1.82) is 0 Å². The molecule has 2 aromatic rings. The van der Waals surface area contributed by atoms with Gasteiger partial charge in [-0.05, 0) is 43.4 Å². The summed E-state index contributed by atoms with van der Waals surface area (Å²) in [6.07, 6.45) is -0.108. The van der Waals surface area contributed by atoms with Crippen molar-refractivity contribution in [2.75, 3.05) is 13.2 Å². The summed E-state index contributed by atoms with van der Waals surface area (Å²) >= 11 is 1.19. The monoisotopic (exact) mass is 465 g/mol. The number of halogens is 3. The molecule has 1 aliphatic rings. The molecule has 7 nitrogen and oxygen atoms in total. The Morgan fingerprint density at radius 3 is 2.73 bits per heavy atom. The highest BCUT2D eigenvalue weighted by Gasteiger charge is 2.49. The number of fused-ring (bicyclic) bond motifs is 1. The van der Waals surface area contributed by atoms with Gasteiger partial charge in [-0.25, -0.2) is 0 Å². The molecule has 0 aliphatic heterocycles. The molecule has 164 valence electrons. The summed E-state index contributed by atoms with van der Waals surface area (Å²) in [4.78, 5) is 12.1. The van der Waals surface area contributed by atoms with Crippen molar-refractivity contribution < 1.29 is 40.0 Å². The van der Waals surface area contributed by atoms with Crippen LogP contribution in [0, 0.1) is 5.92 Å². The zero-order chi connectivity index (χ0) is 21.9. The minimum atomic E-state index is -5.83. The van der Waals surface area contributed by atoms with Crippen LogP contribution in [0.5, 0.6) is 5.88 Å². The fraction of sp³-hybridized carbons (Fsp3) is 0.444. The summed E-state index contributed by atoms with van der Waals surface area (Å²) < 4.78 is 81.2. The van der Waals surface area contributed by atoms with Gasteiger partial charge >= 0.3 is 21.6 Å². The molecular weight excluding hydrogens is 447 g/mol. The molecule has 30 heavy (non-hydrogen) atoms. The molecule has 0 amide bonds. The van der Waals surface area contributed by atoms with E-state index in [0.717, 1.165) is 4.70 Å². The number of benzene rings is 1. The molecule has 3 rings (SSSR count). The molecule has 0 radical (unpaired) electrons. The Hall–Kier alpha value is -2.34. The maximum Gasteiger partial charge on any atom is 0.534 e. The van der Waals surface area contributed by atoms with Crippen LogP contribution in [-0.2, 0) is 23.8 Å². The van der Waals surface area contributed by atoms with Gasteiger partial charge in [0.15, 0.2) is 0 Å². The molecule has 1 aromatic heterocycles. The molecule has 0 spiro atoms. The molecule has 1 unspecified atom stereocenters. The predicted molar refractivity (Wildman–Crippen MR) is 102 cm³/mol. The maximum absolute atomic E-state index is 12.8. The third-order valence-corrected chi connectivity index (χ3v) is 6.25. The lowest BCUT2D eigenvalue weighted by atomic mass is 9.88. The van der Waals surface area contributed by atoms with Crippen LogP contribution in [0.1, 0.15) is 26.2 Å². The first kappa shape index (κ1) is 22.3. The zero-order valence-corrected chi connectivity index (χ0v) is 17.4. The number of esters is 1. The molecule has 12 heteroatoms. The third kappa shape index (κ3) is 4.86. The third-order valence-electron chi connectivity index (χ3n) is 4.45. The van der Waals surface area contributed by atoms with Crippen LogP contribution in [0.25, 0.3) is 10.1 Å². The van der Waals surface area contributed by atoms with Gasteiger partial charge in [-0.1, -0.05) is 12.1 Å². The highest BCUT2D eigenvalue weighted by Crippen LogP contribution is 2.36. The topological polar surface area (TPSA) is 91.8 Å². The second-order valence-corrected chi connectivity index (χ2v) is 8.82. The number of hydrogen-bond acceptors (Lipinski definition) is 8. The standard InChI is InChI=1S/C18H18F3NO6S2/c1-2-26-17(23)11-7-8-14(28-30(24,25)18(19,20)21)12(9-11)10-27-16-13-5-3-4-6-15(13)29-22-16/h3-6,11H,2,7-10H2,1H3. The maximum atomic E-state index is 12.8. The first-order valence-corrected chi connectivity index (χ1v) is 11.2. The molecule has 1 heterocycles. The lowest BCUT2D eigenvalue weighted by Gasteiger charge is -2.25. The van der Waals surface area contributed by atoms with Crippen LogP contribution in [0.4, 0.5) is 13.2 Å². The lowest BCUT2D eigenvalue weighted by Crippen LogP contribution is -2.29. The number of carbonyl (C=O) groups is 1. The number of allylic oxidation sites excluding steroid dienone is 1. The van der Waals surface area contributed by atoms with Crippen molar-refractivity contribution in [1.82, 2.24) is 4.37 Å². The molecular formula is C18H18F3NO6S2. The van der Waals surface area contributed by atoms with E-state index in [9.17, 15) is 26.4 Å². The Bertz CT molecular complexity index is 1060. The van der Waals surface area contributed by atoms with Crippen molar-refractivity contribution in [3.63, 3.8) is 0 Å². The van der Waals surface area contributed by atoms with Gasteiger partial charge in [-0.2, -0.15) is 26.0 Å². The number of hydrogen-bond donors (Lipinski definition) is 0. The highest BCUT2D eigenvalue weighted by molar-refractivity contribution is 7.87. The Kier molecular flexibility index (Phi) is 6.56. The van der Waals surface area contributed by atoms with E-state index in [-0.39, 0.29) is 49.7 Å². The Labute approximate surface area is 174 Å². The van der Waals surface area contributed by atoms with E-state index in [4.69, 9.17) is 9.47 Å². The fourth-order valence-electron chi connectivity index (χ4n) is 3.00. The van der Waals surface area contributed by atoms with Crippen molar-refractivity contribution in [2.24, 2.45) is 5.92 Å². The van der Waals surface area contributed by atoms with E-state index in [1.807, 2.05) is 12.1 Å². The number of aromatic nitrogens is 1. The molecule has 0 fully saturated rings. The van der Waals surface area contributed by atoms with E-state index in [2.05, 4.69) is 8.56 Å². The summed E-state index contributed by atoms with van der Waals surface area (Å²) in [6.45, 7) is 1.52. The quantitative estimate of drug-likeness (QED) is 0.344. The Morgan fingerprint density at radius 1 is 1.30 bits per heavy atom. The summed E-state index contributed by atoms with van der Waals surface area (Å²) in [6, 6.07) is 7.22. The number of carbonyl (C=O) groups excluding carboxylic acids is 1. The summed E-state index contributed by atoms with van der Waals surface area (Å²) in [5.74, 6) is -1.24. The fourth-order valence-corrected chi connectivity index (χ4v) is 4.28. The molecule has 0 bridgehead atoms. The summed E-state index contributed by atoms with van der Waals surface area (Å²) in [5, 5.41) is 0.714. The normalized spacial score (nSPS) is 17.8. The lowest BCUT2D eigenvalue weighted by molar-refractivity contribution is -0.148.